The number of fused-ring (bicyclic) bond motifs is 3. The Morgan fingerprint density at radius 2 is 1.82 bits per heavy atom. The fourth-order valence-corrected chi connectivity index (χ4v) is 8.89. The summed E-state index contributed by atoms with van der Waals surface area (Å²) in [6, 6.07) is 0. The lowest BCUT2D eigenvalue weighted by atomic mass is 9.40. The molecule has 10 atom stereocenters. The summed E-state index contributed by atoms with van der Waals surface area (Å²) in [6.07, 6.45) is 0.587. The quantitative estimate of drug-likeness (QED) is 0.450. The highest BCUT2D eigenvalue weighted by molar-refractivity contribution is 5.74. The Kier molecular flexibility index (Phi) is 5.35. The molecule has 188 valence electrons. The molecule has 0 amide bonds. The molecule has 4 saturated carbocycles. The third kappa shape index (κ3) is 3.01. The number of hydrogen-bond donors (Lipinski definition) is 4. The van der Waals surface area contributed by atoms with Crippen molar-refractivity contribution in [2.24, 2.45) is 28.6 Å². The molecule has 4 N–H and O–H groups in total. The van der Waals surface area contributed by atoms with Crippen LogP contribution in [0.3, 0.4) is 0 Å². The van der Waals surface area contributed by atoms with Crippen LogP contribution in [0.2, 0.25) is 0 Å². The van der Waals surface area contributed by atoms with E-state index < -0.39 is 58.0 Å². The lowest BCUT2D eigenvalue weighted by Crippen LogP contribution is -2.78. The van der Waals surface area contributed by atoms with Gasteiger partial charge in [-0.15, -0.1) is 0 Å². The SMILES string of the molecule is CCOC(=O)[C@H]1CC[C@@]2(O)[C@@H]3CC[C@]4(O)C[C@@H](O)C[C@@H]5OC(C)(C)OC[C@]54[C@H]3[C@H](O)C[C@]12C. The first kappa shape index (κ1) is 23.9. The second kappa shape index (κ2) is 7.37. The number of hydrogen-bond acceptors (Lipinski definition) is 8. The summed E-state index contributed by atoms with van der Waals surface area (Å²) in [4.78, 5) is 12.8. The number of esters is 1. The van der Waals surface area contributed by atoms with Crippen LogP contribution in [-0.2, 0) is 19.0 Å². The summed E-state index contributed by atoms with van der Waals surface area (Å²) in [7, 11) is 0. The highest BCUT2D eigenvalue weighted by Gasteiger charge is 2.77. The van der Waals surface area contributed by atoms with Crippen molar-refractivity contribution in [3.8, 4) is 0 Å². The summed E-state index contributed by atoms with van der Waals surface area (Å²) in [5.41, 5.74) is -4.19. The van der Waals surface area contributed by atoms with E-state index in [-0.39, 0.29) is 37.9 Å². The largest absolute Gasteiger partial charge is 0.466 e. The highest BCUT2D eigenvalue weighted by Crippen LogP contribution is 2.71. The van der Waals surface area contributed by atoms with Gasteiger partial charge in [0, 0.05) is 24.2 Å². The zero-order valence-corrected chi connectivity index (χ0v) is 20.2. The van der Waals surface area contributed by atoms with E-state index in [0.717, 1.165) is 0 Å². The molecule has 0 radical (unpaired) electrons. The van der Waals surface area contributed by atoms with Gasteiger partial charge in [0.1, 0.15) is 0 Å². The lowest BCUT2D eigenvalue weighted by Gasteiger charge is -2.70. The van der Waals surface area contributed by atoms with E-state index in [9.17, 15) is 25.2 Å². The maximum absolute atomic E-state index is 12.8. The number of aliphatic hydroxyl groups excluding tert-OH is 2. The van der Waals surface area contributed by atoms with Gasteiger partial charge < -0.3 is 34.6 Å². The summed E-state index contributed by atoms with van der Waals surface area (Å²) < 4.78 is 17.8. The molecule has 8 nitrogen and oxygen atoms in total. The minimum Gasteiger partial charge on any atom is -0.466 e. The van der Waals surface area contributed by atoms with Crippen LogP contribution in [0.25, 0.3) is 0 Å². The first-order chi connectivity index (χ1) is 15.3. The minimum atomic E-state index is -1.27. The number of ether oxygens (including phenoxy) is 3. The molecule has 5 fully saturated rings. The Morgan fingerprint density at radius 3 is 2.52 bits per heavy atom. The fourth-order valence-electron chi connectivity index (χ4n) is 8.89. The third-order valence-corrected chi connectivity index (χ3v) is 10.3. The van der Waals surface area contributed by atoms with Crippen LogP contribution in [-0.4, -0.2) is 74.9 Å². The van der Waals surface area contributed by atoms with Gasteiger partial charge in [-0.1, -0.05) is 6.92 Å². The maximum atomic E-state index is 12.8. The molecule has 4 aliphatic carbocycles. The van der Waals surface area contributed by atoms with E-state index >= 15 is 0 Å². The van der Waals surface area contributed by atoms with Gasteiger partial charge in [-0.25, -0.2) is 0 Å². The van der Waals surface area contributed by atoms with E-state index in [1.54, 1.807) is 6.92 Å². The van der Waals surface area contributed by atoms with Crippen LogP contribution in [0.1, 0.15) is 72.6 Å². The Bertz CT molecular complexity index is 816. The van der Waals surface area contributed by atoms with Gasteiger partial charge in [-0.05, 0) is 58.8 Å². The van der Waals surface area contributed by atoms with Gasteiger partial charge in [-0.2, -0.15) is 0 Å². The van der Waals surface area contributed by atoms with Gasteiger partial charge in [0.25, 0.3) is 0 Å². The zero-order valence-electron chi connectivity index (χ0n) is 20.2. The molecule has 5 rings (SSSR count). The Labute approximate surface area is 195 Å². The minimum absolute atomic E-state index is 0.195. The van der Waals surface area contributed by atoms with Crippen molar-refractivity contribution >= 4 is 5.97 Å². The lowest BCUT2D eigenvalue weighted by molar-refractivity contribution is -0.401. The van der Waals surface area contributed by atoms with Gasteiger partial charge in [0.15, 0.2) is 5.79 Å². The molecule has 33 heavy (non-hydrogen) atoms. The van der Waals surface area contributed by atoms with Gasteiger partial charge in [0.2, 0.25) is 0 Å². The van der Waals surface area contributed by atoms with Crippen LogP contribution in [0.15, 0.2) is 0 Å². The van der Waals surface area contributed by atoms with Gasteiger partial charge >= 0.3 is 5.97 Å². The van der Waals surface area contributed by atoms with Gasteiger partial charge in [0.05, 0.1) is 54.1 Å². The van der Waals surface area contributed by atoms with E-state index in [0.29, 0.717) is 32.1 Å². The highest BCUT2D eigenvalue weighted by atomic mass is 16.7. The molecule has 0 aromatic heterocycles. The molecule has 8 heteroatoms. The normalized spacial score (nSPS) is 55.0. The Morgan fingerprint density at radius 1 is 1.09 bits per heavy atom. The average Bonchev–Trinajstić information content (AvgIpc) is 2.97. The van der Waals surface area contributed by atoms with E-state index in [1.807, 2.05) is 20.8 Å². The van der Waals surface area contributed by atoms with Crippen LogP contribution in [0.4, 0.5) is 0 Å². The molecule has 0 aromatic rings. The van der Waals surface area contributed by atoms with Crippen LogP contribution in [0, 0.1) is 28.6 Å². The number of carbonyl (C=O) groups excluding carboxylic acids is 1. The van der Waals surface area contributed by atoms with Crippen molar-refractivity contribution in [3.63, 3.8) is 0 Å². The Balaban J connectivity index is 1.58. The zero-order chi connectivity index (χ0) is 24.0. The first-order valence-corrected chi connectivity index (χ1v) is 12.6. The maximum Gasteiger partial charge on any atom is 0.309 e. The van der Waals surface area contributed by atoms with Crippen LogP contribution < -0.4 is 0 Å². The predicted octanol–water partition coefficient (Wildman–Crippen LogP) is 1.51. The van der Waals surface area contributed by atoms with Crippen molar-refractivity contribution in [2.45, 2.75) is 108 Å². The first-order valence-electron chi connectivity index (χ1n) is 12.6. The molecular weight excluding hydrogens is 428 g/mol. The molecule has 0 unspecified atom stereocenters. The monoisotopic (exact) mass is 468 g/mol. The van der Waals surface area contributed by atoms with E-state index in [4.69, 9.17) is 14.2 Å². The summed E-state index contributed by atoms with van der Waals surface area (Å²) in [5, 5.41) is 46.6. The molecular formula is C25H40O8. The molecule has 1 aliphatic heterocycles. The molecule has 0 aromatic carbocycles. The van der Waals surface area contributed by atoms with Crippen molar-refractivity contribution in [1.29, 1.82) is 0 Å². The average molecular weight is 469 g/mol. The number of aliphatic hydroxyl groups is 4. The topological polar surface area (TPSA) is 126 Å². The van der Waals surface area contributed by atoms with Crippen LogP contribution in [0.5, 0.6) is 0 Å². The number of carbonyl (C=O) groups is 1. The smallest absolute Gasteiger partial charge is 0.309 e. The van der Waals surface area contributed by atoms with Crippen molar-refractivity contribution in [3.05, 3.63) is 0 Å². The Hall–Kier alpha value is -0.770. The number of rotatable bonds is 2. The third-order valence-electron chi connectivity index (χ3n) is 10.3. The molecule has 1 heterocycles. The molecule has 1 saturated heterocycles. The molecule has 5 aliphatic rings. The molecule has 1 spiro atoms. The second-order valence-corrected chi connectivity index (χ2v) is 12.1. The standard InChI is InChI=1S/C25H40O8/c1-5-31-20(28)16-7-9-25(30)15-6-8-23(29)11-14(26)10-18-24(23,13-32-21(2,3)33-18)19(15)17(27)12-22(16,25)4/h14-19,26-27,29-30H,5-13H2,1-4H3/t14-,15+,16+,17+,18-,19+,22+,23-,24+,25+/m0/s1. The van der Waals surface area contributed by atoms with E-state index in [2.05, 4.69) is 0 Å². The van der Waals surface area contributed by atoms with Crippen LogP contribution >= 0.6 is 0 Å². The predicted molar refractivity (Wildman–Crippen MR) is 117 cm³/mol. The van der Waals surface area contributed by atoms with Gasteiger partial charge in [-0.3, -0.25) is 4.79 Å². The van der Waals surface area contributed by atoms with Crippen molar-refractivity contribution < 1.29 is 39.4 Å². The summed E-state index contributed by atoms with van der Waals surface area (Å²) in [6.45, 7) is 7.81. The van der Waals surface area contributed by atoms with Crippen molar-refractivity contribution in [1.82, 2.24) is 0 Å². The second-order valence-electron chi connectivity index (χ2n) is 12.1. The molecule has 0 bridgehead atoms. The van der Waals surface area contributed by atoms with E-state index in [1.165, 1.54) is 0 Å². The summed E-state index contributed by atoms with van der Waals surface area (Å²) in [5.74, 6) is -2.44. The summed E-state index contributed by atoms with van der Waals surface area (Å²) >= 11 is 0. The van der Waals surface area contributed by atoms with Crippen molar-refractivity contribution in [2.75, 3.05) is 13.2 Å². The fraction of sp³-hybridized carbons (Fsp3) is 0.960.